The second kappa shape index (κ2) is 4.55. The Morgan fingerprint density at radius 1 is 1.17 bits per heavy atom. The van der Waals surface area contributed by atoms with E-state index in [0.717, 1.165) is 24.1 Å². The van der Waals surface area contributed by atoms with E-state index >= 15 is 0 Å². The number of rotatable bonds is 2. The van der Waals surface area contributed by atoms with E-state index in [1.165, 1.54) is 18.2 Å². The monoisotopic (exact) mass is 310 g/mol. The summed E-state index contributed by atoms with van der Waals surface area (Å²) in [6, 6.07) is 11.8. The van der Waals surface area contributed by atoms with Crippen LogP contribution in [0.25, 0.3) is 0 Å². The number of carbonyl (C=O) groups excluding carboxylic acids is 1. The van der Waals surface area contributed by atoms with Crippen LogP contribution in [0.2, 0.25) is 0 Å². The molecule has 6 heteroatoms. The minimum absolute atomic E-state index is 0.0303. The number of phenols is 1. The first kappa shape index (κ1) is 13.8. The molecule has 1 heterocycles. The van der Waals surface area contributed by atoms with Crippen molar-refractivity contribution >= 4 is 17.3 Å². The average molecular weight is 310 g/mol. The van der Waals surface area contributed by atoms with Crippen molar-refractivity contribution in [2.75, 3.05) is 11.4 Å². The molecule has 1 spiro atoms. The average Bonchev–Trinajstić information content (AvgIpc) is 3.25. The Hall–Kier alpha value is -2.89. The third-order valence-corrected chi connectivity index (χ3v) is 4.77. The molecular formula is C17H14N2O4. The highest BCUT2D eigenvalue weighted by Gasteiger charge is 2.53. The smallest absolute Gasteiger partial charge is 0.311 e. The van der Waals surface area contributed by atoms with E-state index in [-0.39, 0.29) is 11.0 Å². The molecule has 1 aliphatic carbocycles. The van der Waals surface area contributed by atoms with Crippen molar-refractivity contribution in [2.24, 2.45) is 0 Å². The molecule has 116 valence electrons. The summed E-state index contributed by atoms with van der Waals surface area (Å²) in [5.41, 5.74) is 1.53. The van der Waals surface area contributed by atoms with Gasteiger partial charge in [-0.1, -0.05) is 24.3 Å². The van der Waals surface area contributed by atoms with Gasteiger partial charge in [-0.3, -0.25) is 14.9 Å². The van der Waals surface area contributed by atoms with Crippen molar-refractivity contribution in [3.8, 4) is 5.75 Å². The van der Waals surface area contributed by atoms with E-state index in [0.29, 0.717) is 6.54 Å². The number of nitrogens with zero attached hydrogens (tertiary/aromatic N) is 2. The molecule has 1 aliphatic heterocycles. The number of nitro benzene ring substituents is 1. The number of para-hydroxylation sites is 2. The van der Waals surface area contributed by atoms with E-state index in [1.54, 1.807) is 4.90 Å². The lowest BCUT2D eigenvalue weighted by Crippen LogP contribution is -2.31. The van der Waals surface area contributed by atoms with Crippen LogP contribution in [-0.2, 0) is 5.41 Å². The lowest BCUT2D eigenvalue weighted by atomic mass is 9.99. The van der Waals surface area contributed by atoms with E-state index < -0.39 is 22.3 Å². The zero-order chi connectivity index (χ0) is 16.2. The van der Waals surface area contributed by atoms with Gasteiger partial charge in [0.1, 0.15) is 0 Å². The molecule has 1 fully saturated rings. The Morgan fingerprint density at radius 2 is 1.91 bits per heavy atom. The molecule has 0 bridgehead atoms. The largest absolute Gasteiger partial charge is 0.502 e. The van der Waals surface area contributed by atoms with Gasteiger partial charge >= 0.3 is 5.69 Å². The van der Waals surface area contributed by atoms with Crippen LogP contribution in [0.15, 0.2) is 42.5 Å². The highest BCUT2D eigenvalue weighted by molar-refractivity contribution is 6.10. The lowest BCUT2D eigenvalue weighted by molar-refractivity contribution is -0.385. The maximum absolute atomic E-state index is 12.9. The maximum Gasteiger partial charge on any atom is 0.311 e. The molecule has 0 radical (unpaired) electrons. The summed E-state index contributed by atoms with van der Waals surface area (Å²) in [6.07, 6.45) is 2.07. The number of aromatic hydroxyl groups is 1. The van der Waals surface area contributed by atoms with Crippen molar-refractivity contribution in [3.05, 3.63) is 63.7 Å². The van der Waals surface area contributed by atoms with Gasteiger partial charge in [0.2, 0.25) is 5.75 Å². The van der Waals surface area contributed by atoms with Gasteiger partial charge < -0.3 is 10.0 Å². The Bertz CT molecular complexity index is 842. The van der Waals surface area contributed by atoms with Gasteiger partial charge in [0.05, 0.1) is 10.5 Å². The van der Waals surface area contributed by atoms with Crippen LogP contribution in [-0.4, -0.2) is 22.5 Å². The summed E-state index contributed by atoms with van der Waals surface area (Å²) in [5.74, 6) is -0.973. The van der Waals surface area contributed by atoms with Crippen LogP contribution in [0.4, 0.5) is 11.4 Å². The molecule has 6 nitrogen and oxygen atoms in total. The van der Waals surface area contributed by atoms with Crippen molar-refractivity contribution in [1.82, 2.24) is 0 Å². The summed E-state index contributed by atoms with van der Waals surface area (Å²) < 4.78 is 0. The minimum Gasteiger partial charge on any atom is -0.502 e. The normalized spacial score (nSPS) is 17.1. The Morgan fingerprint density at radius 3 is 2.61 bits per heavy atom. The molecule has 4 rings (SSSR count). The van der Waals surface area contributed by atoms with Gasteiger partial charge in [-0.15, -0.1) is 0 Å². The predicted molar refractivity (Wildman–Crippen MR) is 83.8 cm³/mol. The van der Waals surface area contributed by atoms with Gasteiger partial charge in [-0.25, -0.2) is 0 Å². The molecule has 1 saturated carbocycles. The van der Waals surface area contributed by atoms with Crippen LogP contribution in [0.1, 0.15) is 28.8 Å². The highest BCUT2D eigenvalue weighted by atomic mass is 16.6. The Balaban J connectivity index is 1.77. The quantitative estimate of drug-likeness (QED) is 0.682. The number of hydrogen-bond donors (Lipinski definition) is 1. The standard InChI is InChI=1S/C17H14N2O4/c20-15-11(4-3-7-14(15)19(22)23)16(21)18-10-17(8-9-17)12-5-1-2-6-13(12)18/h1-7,20H,8-10H2. The molecule has 0 aromatic heterocycles. The number of carbonyl (C=O) groups is 1. The van der Waals surface area contributed by atoms with Crippen LogP contribution in [0.3, 0.4) is 0 Å². The van der Waals surface area contributed by atoms with Gasteiger partial charge in [-0.05, 0) is 30.5 Å². The van der Waals surface area contributed by atoms with Crippen LogP contribution in [0.5, 0.6) is 5.75 Å². The molecule has 0 saturated heterocycles. The van der Waals surface area contributed by atoms with Crippen molar-refractivity contribution < 1.29 is 14.8 Å². The number of amides is 1. The Kier molecular flexibility index (Phi) is 2.72. The molecule has 23 heavy (non-hydrogen) atoms. The van der Waals surface area contributed by atoms with Crippen LogP contribution >= 0.6 is 0 Å². The third kappa shape index (κ3) is 1.91. The molecule has 0 atom stereocenters. The second-order valence-electron chi connectivity index (χ2n) is 6.12. The first-order chi connectivity index (χ1) is 11.0. The molecule has 1 N–H and O–H groups in total. The zero-order valence-corrected chi connectivity index (χ0v) is 12.2. The number of phenolic OH excluding ortho intramolecular Hbond substituents is 1. The number of hydrogen-bond acceptors (Lipinski definition) is 4. The Labute approximate surface area is 132 Å². The summed E-state index contributed by atoms with van der Waals surface area (Å²) in [6.45, 7) is 0.563. The number of nitro groups is 1. The molecule has 0 unspecified atom stereocenters. The van der Waals surface area contributed by atoms with Crippen molar-refractivity contribution in [2.45, 2.75) is 18.3 Å². The topological polar surface area (TPSA) is 83.7 Å². The fraction of sp³-hybridized carbons (Fsp3) is 0.235. The molecule has 2 aliphatic rings. The molecule has 2 aromatic carbocycles. The van der Waals surface area contributed by atoms with Crippen LogP contribution in [0, 0.1) is 10.1 Å². The SMILES string of the molecule is O=C(c1cccc([N+](=O)[O-])c1O)N1CC2(CC2)c2ccccc21. The zero-order valence-electron chi connectivity index (χ0n) is 12.2. The molecular weight excluding hydrogens is 296 g/mol. The summed E-state index contributed by atoms with van der Waals surface area (Å²) in [4.78, 5) is 24.8. The van der Waals surface area contributed by atoms with Crippen molar-refractivity contribution in [1.29, 1.82) is 0 Å². The highest BCUT2D eigenvalue weighted by Crippen LogP contribution is 2.56. The number of fused-ring (bicyclic) bond motifs is 2. The van der Waals surface area contributed by atoms with Gasteiger partial charge in [0.25, 0.3) is 5.91 Å². The van der Waals surface area contributed by atoms with Gasteiger partial charge in [0, 0.05) is 23.7 Å². The number of benzene rings is 2. The van der Waals surface area contributed by atoms with Crippen molar-refractivity contribution in [3.63, 3.8) is 0 Å². The lowest BCUT2D eigenvalue weighted by Gasteiger charge is -2.18. The third-order valence-electron chi connectivity index (χ3n) is 4.77. The summed E-state index contributed by atoms with van der Waals surface area (Å²) in [5, 5.41) is 21.0. The molecule has 1 amide bonds. The summed E-state index contributed by atoms with van der Waals surface area (Å²) in [7, 11) is 0. The fourth-order valence-corrected chi connectivity index (χ4v) is 3.39. The molecule has 2 aromatic rings. The van der Waals surface area contributed by atoms with Gasteiger partial charge in [0.15, 0.2) is 0 Å². The van der Waals surface area contributed by atoms with E-state index in [1.807, 2.05) is 24.3 Å². The van der Waals surface area contributed by atoms with Gasteiger partial charge in [-0.2, -0.15) is 0 Å². The minimum atomic E-state index is -0.688. The predicted octanol–water partition coefficient (Wildman–Crippen LogP) is 2.99. The van der Waals surface area contributed by atoms with E-state index in [9.17, 15) is 20.0 Å². The second-order valence-corrected chi connectivity index (χ2v) is 6.12. The summed E-state index contributed by atoms with van der Waals surface area (Å²) >= 11 is 0. The van der Waals surface area contributed by atoms with E-state index in [2.05, 4.69) is 0 Å². The first-order valence-corrected chi connectivity index (χ1v) is 7.41. The maximum atomic E-state index is 12.9. The van der Waals surface area contributed by atoms with E-state index in [4.69, 9.17) is 0 Å². The first-order valence-electron chi connectivity index (χ1n) is 7.41. The number of anilines is 1. The van der Waals surface area contributed by atoms with Crippen LogP contribution < -0.4 is 4.90 Å². The fourth-order valence-electron chi connectivity index (χ4n) is 3.39.